The molecule has 1 aromatic carbocycles. The Morgan fingerprint density at radius 3 is 2.59 bits per heavy atom. The maximum absolute atomic E-state index is 13.1. The number of carbonyl (C=O) groups excluding carboxylic acids is 1. The van der Waals surface area contributed by atoms with Gasteiger partial charge in [-0.1, -0.05) is 26.8 Å². The maximum atomic E-state index is 13.1. The van der Waals surface area contributed by atoms with Gasteiger partial charge in [-0.2, -0.15) is 0 Å². The molecule has 0 amide bonds. The number of ether oxygens (including phenoxy) is 6. The second-order valence-corrected chi connectivity index (χ2v) is 17.2. The highest BCUT2D eigenvalue weighted by Crippen LogP contribution is 2.78. The molecule has 2 saturated heterocycles. The van der Waals surface area contributed by atoms with E-state index in [4.69, 9.17) is 28.4 Å². The van der Waals surface area contributed by atoms with Crippen molar-refractivity contribution >= 4 is 6.16 Å². The first-order chi connectivity index (χ1) is 21.7. The van der Waals surface area contributed by atoms with Crippen LogP contribution in [0.5, 0.6) is 11.5 Å². The molecule has 9 nitrogen and oxygen atoms in total. The van der Waals surface area contributed by atoms with Gasteiger partial charge in [-0.05, 0) is 95.2 Å². The maximum Gasteiger partial charge on any atom is 0.513 e. The molecule has 0 radical (unpaired) electrons. The Kier molecular flexibility index (Phi) is 6.86. The molecular formula is C37H53NO8. The second-order valence-electron chi connectivity index (χ2n) is 17.2. The molecule has 2 spiro atoms. The predicted octanol–water partition coefficient (Wildman–Crippen LogP) is 5.77. The lowest BCUT2D eigenvalue weighted by molar-refractivity contribution is -0.312. The third kappa shape index (κ3) is 4.20. The van der Waals surface area contributed by atoms with Gasteiger partial charge in [0, 0.05) is 48.4 Å². The molecule has 3 aliphatic heterocycles. The SMILES string of the molecule is COC12CC[C@@]3(C[C@@H]1[C@](C)(O)C(C)(C)C)[C@H]1Cc4ccc(OC(=O)OCC[C@@H]5COC(C)(C)O5)c5c4[C@@]3(CCN1CC1CC1)[C@H]2O5. The number of nitrogens with zero attached hydrogens (tertiary/aromatic N) is 1. The summed E-state index contributed by atoms with van der Waals surface area (Å²) in [7, 11) is 1.81. The molecule has 4 bridgehead atoms. The quantitative estimate of drug-likeness (QED) is 0.281. The highest BCUT2D eigenvalue weighted by molar-refractivity contribution is 5.70. The fraction of sp³-hybridized carbons (Fsp3) is 0.811. The van der Waals surface area contributed by atoms with E-state index < -0.39 is 23.1 Å². The Balaban J connectivity index is 1.16. The number of methoxy groups -OCH3 is 1. The highest BCUT2D eigenvalue weighted by atomic mass is 16.7. The van der Waals surface area contributed by atoms with Crippen LogP contribution < -0.4 is 9.47 Å². The van der Waals surface area contributed by atoms with Crippen molar-refractivity contribution in [3.8, 4) is 11.5 Å². The summed E-state index contributed by atoms with van der Waals surface area (Å²) in [6.07, 6.45) is 6.74. The number of likely N-dealkylation sites (tertiary alicyclic amines) is 1. The molecule has 254 valence electrons. The van der Waals surface area contributed by atoms with Crippen molar-refractivity contribution in [2.24, 2.45) is 22.7 Å². The van der Waals surface area contributed by atoms with E-state index >= 15 is 0 Å². The number of aliphatic hydroxyl groups is 1. The first-order valence-electron chi connectivity index (χ1n) is 17.7. The van der Waals surface area contributed by atoms with Crippen molar-refractivity contribution in [2.75, 3.05) is 33.4 Å². The van der Waals surface area contributed by atoms with Crippen molar-refractivity contribution in [1.82, 2.24) is 4.90 Å². The Bertz CT molecular complexity index is 1410. The highest BCUT2D eigenvalue weighted by Gasteiger charge is 2.82. The van der Waals surface area contributed by atoms with Gasteiger partial charge in [-0.25, -0.2) is 4.79 Å². The third-order valence-corrected chi connectivity index (χ3v) is 13.8. The molecule has 8 atom stereocenters. The summed E-state index contributed by atoms with van der Waals surface area (Å²) < 4.78 is 36.8. The molecule has 1 unspecified atom stereocenters. The summed E-state index contributed by atoms with van der Waals surface area (Å²) in [5.74, 6) is 1.16. The minimum atomic E-state index is -0.988. The minimum absolute atomic E-state index is 0.0699. The van der Waals surface area contributed by atoms with Crippen LogP contribution >= 0.6 is 0 Å². The Morgan fingerprint density at radius 2 is 1.91 bits per heavy atom. The number of rotatable bonds is 8. The van der Waals surface area contributed by atoms with Crippen molar-refractivity contribution in [1.29, 1.82) is 0 Å². The van der Waals surface area contributed by atoms with E-state index in [1.54, 1.807) is 0 Å². The molecule has 6 fully saturated rings. The Labute approximate surface area is 273 Å². The molecule has 9 rings (SSSR count). The molecule has 1 aromatic rings. The lowest BCUT2D eigenvalue weighted by Crippen LogP contribution is -2.83. The zero-order valence-electron chi connectivity index (χ0n) is 28.8. The molecule has 4 saturated carbocycles. The molecule has 8 aliphatic rings. The van der Waals surface area contributed by atoms with Gasteiger partial charge in [-0.15, -0.1) is 0 Å². The lowest BCUT2D eigenvalue weighted by atomic mass is 9.33. The van der Waals surface area contributed by atoms with E-state index in [2.05, 4.69) is 31.7 Å². The number of benzene rings is 1. The summed E-state index contributed by atoms with van der Waals surface area (Å²) >= 11 is 0. The van der Waals surface area contributed by atoms with Gasteiger partial charge < -0.3 is 33.5 Å². The fourth-order valence-corrected chi connectivity index (χ4v) is 10.9. The van der Waals surface area contributed by atoms with Crippen LogP contribution in [0.15, 0.2) is 12.1 Å². The first kappa shape index (κ1) is 31.4. The van der Waals surface area contributed by atoms with Crippen LogP contribution in [-0.2, 0) is 30.8 Å². The van der Waals surface area contributed by atoms with Gasteiger partial charge >= 0.3 is 6.16 Å². The molecule has 9 heteroatoms. The fourth-order valence-electron chi connectivity index (χ4n) is 10.9. The predicted molar refractivity (Wildman–Crippen MR) is 170 cm³/mol. The average Bonchev–Trinajstić information content (AvgIpc) is 3.63. The van der Waals surface area contributed by atoms with Crippen molar-refractivity contribution in [3.05, 3.63) is 23.3 Å². The van der Waals surface area contributed by atoms with Gasteiger partial charge in [0.15, 0.2) is 17.3 Å². The lowest BCUT2D eigenvalue weighted by Gasteiger charge is -2.75. The molecule has 5 aliphatic carbocycles. The van der Waals surface area contributed by atoms with E-state index in [1.165, 1.54) is 24.0 Å². The van der Waals surface area contributed by atoms with Crippen LogP contribution in [-0.4, -0.2) is 84.8 Å². The number of hydrogen-bond donors (Lipinski definition) is 1. The number of carbonyl (C=O) groups is 1. The number of fused-ring (bicyclic) bond motifs is 2. The van der Waals surface area contributed by atoms with Gasteiger partial charge in [0.05, 0.1) is 24.9 Å². The summed E-state index contributed by atoms with van der Waals surface area (Å²) in [6, 6.07) is 4.43. The molecule has 0 aromatic heterocycles. The topological polar surface area (TPSA) is 95.9 Å². The molecule has 46 heavy (non-hydrogen) atoms. The minimum Gasteiger partial charge on any atom is -0.482 e. The summed E-state index contributed by atoms with van der Waals surface area (Å²) in [5.41, 5.74) is 0.159. The van der Waals surface area contributed by atoms with E-state index in [1.807, 2.05) is 33.9 Å². The average molecular weight is 640 g/mol. The third-order valence-electron chi connectivity index (χ3n) is 13.8. The molecular weight excluding hydrogens is 586 g/mol. The summed E-state index contributed by atoms with van der Waals surface area (Å²) in [6.45, 7) is 15.0. The van der Waals surface area contributed by atoms with Crippen LogP contribution in [0, 0.1) is 22.7 Å². The molecule has 3 heterocycles. The van der Waals surface area contributed by atoms with E-state index in [0.29, 0.717) is 30.6 Å². The summed E-state index contributed by atoms with van der Waals surface area (Å²) in [5, 5.41) is 12.5. The standard InChI is InChI=1S/C37H53NO8/c1-32(2,3)34(6,40)26-19-35-13-14-37(26,41-7)30-36(35)15-16-38(20-22-8-9-22)27(35)18-23-10-11-25(29(45-30)28(23)36)44-31(39)42-17-12-24-21-43-33(4,5)46-24/h10-11,22,24,26-27,30,40H,8-9,12-21H2,1-7H3/t24-,26-,27-,30-,34+,35-,36+,37?/m1/s1. The van der Waals surface area contributed by atoms with Gasteiger partial charge in [-0.3, -0.25) is 4.90 Å². The second kappa shape index (κ2) is 10.1. The van der Waals surface area contributed by atoms with Crippen LogP contribution in [0.4, 0.5) is 4.79 Å². The van der Waals surface area contributed by atoms with E-state index in [0.717, 1.165) is 51.1 Å². The van der Waals surface area contributed by atoms with Crippen LogP contribution in [0.2, 0.25) is 0 Å². The molecule has 1 N–H and O–H groups in total. The monoisotopic (exact) mass is 639 g/mol. The first-order valence-corrected chi connectivity index (χ1v) is 17.7. The smallest absolute Gasteiger partial charge is 0.482 e. The number of hydrogen-bond acceptors (Lipinski definition) is 9. The zero-order valence-corrected chi connectivity index (χ0v) is 28.8. The van der Waals surface area contributed by atoms with E-state index in [-0.39, 0.29) is 41.0 Å². The van der Waals surface area contributed by atoms with Crippen LogP contribution in [0.25, 0.3) is 0 Å². The summed E-state index contributed by atoms with van der Waals surface area (Å²) in [4.78, 5) is 15.9. The zero-order chi connectivity index (χ0) is 32.5. The normalized spacial score (nSPS) is 39.8. The van der Waals surface area contributed by atoms with Crippen molar-refractivity contribution in [3.63, 3.8) is 0 Å². The van der Waals surface area contributed by atoms with Gasteiger partial charge in [0.25, 0.3) is 0 Å². The largest absolute Gasteiger partial charge is 0.513 e. The van der Waals surface area contributed by atoms with Gasteiger partial charge in [0.2, 0.25) is 0 Å². The van der Waals surface area contributed by atoms with Crippen molar-refractivity contribution in [2.45, 2.75) is 134 Å². The van der Waals surface area contributed by atoms with Gasteiger partial charge in [0.1, 0.15) is 11.7 Å². The Morgan fingerprint density at radius 1 is 1.13 bits per heavy atom. The van der Waals surface area contributed by atoms with Crippen molar-refractivity contribution < 1.29 is 38.3 Å². The Hall–Kier alpha value is -1.91. The van der Waals surface area contributed by atoms with E-state index in [9.17, 15) is 9.90 Å². The van der Waals surface area contributed by atoms with Crippen LogP contribution in [0.3, 0.4) is 0 Å². The van der Waals surface area contributed by atoms with Crippen LogP contribution in [0.1, 0.15) is 97.6 Å². The number of piperidine rings is 1.